The van der Waals surface area contributed by atoms with Gasteiger partial charge in [0.25, 0.3) is 5.56 Å². The van der Waals surface area contributed by atoms with E-state index in [1.165, 1.54) is 35.5 Å². The summed E-state index contributed by atoms with van der Waals surface area (Å²) >= 11 is 1.24. The van der Waals surface area contributed by atoms with Crippen molar-refractivity contribution in [2.45, 2.75) is 25.2 Å². The third-order valence-corrected chi connectivity index (χ3v) is 6.09. The number of pyridine rings is 1. The molecule has 2 aromatic heterocycles. The van der Waals surface area contributed by atoms with Crippen molar-refractivity contribution in [1.82, 2.24) is 14.1 Å². The zero-order chi connectivity index (χ0) is 23.6. The van der Waals surface area contributed by atoms with Gasteiger partial charge >= 0.3 is 5.69 Å². The Hall–Kier alpha value is -3.40. The van der Waals surface area contributed by atoms with Gasteiger partial charge in [0.05, 0.1) is 11.1 Å². The summed E-state index contributed by atoms with van der Waals surface area (Å²) in [5.41, 5.74) is 6.35. The SMILES string of the molecule is CC(C)Cc1cnc2c(c1SCC(=O)Nc1ccc(C(N)=O)cc1)c(=O)n(C)c(=O)n2C. The molecule has 2 amide bonds. The summed E-state index contributed by atoms with van der Waals surface area (Å²) in [5, 5.41) is 3.10. The molecule has 3 rings (SSSR count). The highest BCUT2D eigenvalue weighted by molar-refractivity contribution is 8.00. The quantitative estimate of drug-likeness (QED) is 0.521. The second kappa shape index (κ2) is 9.39. The molecule has 0 spiro atoms. The molecule has 0 bridgehead atoms. The lowest BCUT2D eigenvalue weighted by atomic mass is 10.0. The molecule has 1 aromatic carbocycles. The molecule has 0 unspecified atom stereocenters. The first-order valence-corrected chi connectivity index (χ1v) is 11.0. The van der Waals surface area contributed by atoms with Gasteiger partial charge in [-0.3, -0.25) is 23.5 Å². The minimum absolute atomic E-state index is 0.0494. The maximum Gasteiger partial charge on any atom is 0.332 e. The van der Waals surface area contributed by atoms with E-state index in [9.17, 15) is 19.2 Å². The highest BCUT2D eigenvalue weighted by Crippen LogP contribution is 2.30. The lowest BCUT2D eigenvalue weighted by molar-refractivity contribution is -0.113. The van der Waals surface area contributed by atoms with E-state index in [4.69, 9.17) is 5.73 Å². The molecule has 168 valence electrons. The Balaban J connectivity index is 1.94. The first-order chi connectivity index (χ1) is 15.1. The number of aryl methyl sites for hydroxylation is 1. The van der Waals surface area contributed by atoms with Crippen molar-refractivity contribution in [2.24, 2.45) is 25.7 Å². The summed E-state index contributed by atoms with van der Waals surface area (Å²) in [5.74, 6) is -0.462. The van der Waals surface area contributed by atoms with Crippen LogP contribution in [0.1, 0.15) is 29.8 Å². The van der Waals surface area contributed by atoms with Gasteiger partial charge < -0.3 is 11.1 Å². The van der Waals surface area contributed by atoms with Crippen LogP contribution in [0.25, 0.3) is 11.0 Å². The average Bonchev–Trinajstić information content (AvgIpc) is 2.75. The maximum absolute atomic E-state index is 12.9. The van der Waals surface area contributed by atoms with E-state index in [0.717, 1.165) is 10.1 Å². The summed E-state index contributed by atoms with van der Waals surface area (Å²) < 4.78 is 2.38. The number of rotatable bonds is 7. The number of nitrogens with two attached hydrogens (primary N) is 1. The zero-order valence-corrected chi connectivity index (χ0v) is 19.2. The van der Waals surface area contributed by atoms with E-state index in [1.807, 2.05) is 0 Å². The van der Waals surface area contributed by atoms with Crippen LogP contribution in [0.2, 0.25) is 0 Å². The second-order valence-electron chi connectivity index (χ2n) is 7.89. The molecular formula is C22H25N5O4S. The standard InChI is InChI=1S/C22H25N5O4S/c1-12(2)9-14-10-24-20-17(21(30)27(4)22(31)26(20)3)18(14)32-11-16(28)25-15-7-5-13(6-8-15)19(23)29/h5-8,10,12H,9,11H2,1-4H3,(H2,23,29)(H,25,28). The number of anilines is 1. The molecule has 32 heavy (non-hydrogen) atoms. The molecule has 0 aliphatic carbocycles. The first kappa shape index (κ1) is 23.3. The first-order valence-electron chi connectivity index (χ1n) is 10.00. The molecule has 0 atom stereocenters. The number of carbonyl (C=O) groups is 2. The van der Waals surface area contributed by atoms with Gasteiger partial charge in [-0.2, -0.15) is 0 Å². The number of primary amides is 1. The third kappa shape index (κ3) is 4.75. The Labute approximate surface area is 188 Å². The normalized spacial score (nSPS) is 11.2. The van der Waals surface area contributed by atoms with Gasteiger partial charge in [-0.15, -0.1) is 11.8 Å². The molecule has 0 radical (unpaired) electrons. The van der Waals surface area contributed by atoms with Crippen molar-refractivity contribution in [1.29, 1.82) is 0 Å². The van der Waals surface area contributed by atoms with Crippen LogP contribution in [-0.4, -0.2) is 31.7 Å². The molecule has 0 fully saturated rings. The Morgan fingerprint density at radius 1 is 1.12 bits per heavy atom. The molecule has 9 nitrogen and oxygen atoms in total. The summed E-state index contributed by atoms with van der Waals surface area (Å²) in [6, 6.07) is 6.26. The number of carbonyl (C=O) groups excluding carboxylic acids is 2. The van der Waals surface area contributed by atoms with E-state index >= 15 is 0 Å². The van der Waals surface area contributed by atoms with E-state index in [-0.39, 0.29) is 17.3 Å². The molecule has 3 N–H and O–H groups in total. The van der Waals surface area contributed by atoms with Gasteiger partial charge in [0.15, 0.2) is 0 Å². The molecule has 0 aliphatic rings. The number of aromatic nitrogens is 3. The number of amides is 2. The Bertz CT molecular complexity index is 1310. The van der Waals surface area contributed by atoms with Crippen LogP contribution in [0.4, 0.5) is 5.69 Å². The highest BCUT2D eigenvalue weighted by atomic mass is 32.2. The molecular weight excluding hydrogens is 430 g/mol. The zero-order valence-electron chi connectivity index (χ0n) is 18.3. The van der Waals surface area contributed by atoms with E-state index < -0.39 is 17.2 Å². The fraction of sp³-hybridized carbons (Fsp3) is 0.318. The number of nitrogens with zero attached hydrogens (tertiary/aromatic N) is 3. The monoisotopic (exact) mass is 455 g/mol. The van der Waals surface area contributed by atoms with Gasteiger partial charge in [-0.25, -0.2) is 9.78 Å². The highest BCUT2D eigenvalue weighted by Gasteiger charge is 2.19. The lowest BCUT2D eigenvalue weighted by Gasteiger charge is -2.15. The number of benzene rings is 1. The topological polar surface area (TPSA) is 129 Å². The van der Waals surface area contributed by atoms with Gasteiger partial charge in [0, 0.05) is 36.4 Å². The Morgan fingerprint density at radius 2 is 1.78 bits per heavy atom. The van der Waals surface area contributed by atoms with Crippen LogP contribution in [0, 0.1) is 5.92 Å². The fourth-order valence-corrected chi connectivity index (χ4v) is 4.34. The lowest BCUT2D eigenvalue weighted by Crippen LogP contribution is -2.37. The number of thioether (sulfide) groups is 1. The van der Waals surface area contributed by atoms with Crippen LogP contribution in [0.15, 0.2) is 44.9 Å². The van der Waals surface area contributed by atoms with Crippen molar-refractivity contribution < 1.29 is 9.59 Å². The number of nitrogens with one attached hydrogen (secondary N) is 1. The fourth-order valence-electron chi connectivity index (χ4n) is 3.34. The van der Waals surface area contributed by atoms with Crippen molar-refractivity contribution in [3.05, 3.63) is 62.4 Å². The maximum atomic E-state index is 12.9. The van der Waals surface area contributed by atoms with Crippen molar-refractivity contribution in [2.75, 3.05) is 11.1 Å². The Kier molecular flexibility index (Phi) is 6.83. The van der Waals surface area contributed by atoms with Gasteiger partial charge in [-0.05, 0) is 42.2 Å². The van der Waals surface area contributed by atoms with E-state index in [2.05, 4.69) is 24.1 Å². The Morgan fingerprint density at radius 3 is 2.38 bits per heavy atom. The smallest absolute Gasteiger partial charge is 0.332 e. The van der Waals surface area contributed by atoms with Gasteiger partial charge in [0.2, 0.25) is 11.8 Å². The summed E-state index contributed by atoms with van der Waals surface area (Å²) in [4.78, 5) is 54.0. The van der Waals surface area contributed by atoms with Crippen LogP contribution in [0.3, 0.4) is 0 Å². The predicted octanol–water partition coefficient (Wildman–Crippen LogP) is 1.66. The minimum atomic E-state index is -0.545. The van der Waals surface area contributed by atoms with Crippen molar-refractivity contribution >= 4 is 40.3 Å². The molecule has 0 saturated heterocycles. The number of hydrogen-bond donors (Lipinski definition) is 2. The van der Waals surface area contributed by atoms with Gasteiger partial charge in [0.1, 0.15) is 5.65 Å². The van der Waals surface area contributed by atoms with Crippen molar-refractivity contribution in [3.8, 4) is 0 Å². The molecule has 3 aromatic rings. The summed E-state index contributed by atoms with van der Waals surface area (Å²) in [6.45, 7) is 4.11. The molecule has 2 heterocycles. The number of fused-ring (bicyclic) bond motifs is 1. The molecule has 10 heteroatoms. The summed E-state index contributed by atoms with van der Waals surface area (Å²) in [6.07, 6.45) is 2.34. The summed E-state index contributed by atoms with van der Waals surface area (Å²) in [7, 11) is 2.99. The van der Waals surface area contributed by atoms with Crippen molar-refractivity contribution in [3.63, 3.8) is 0 Å². The van der Waals surface area contributed by atoms with Crippen LogP contribution in [0.5, 0.6) is 0 Å². The van der Waals surface area contributed by atoms with E-state index in [1.54, 1.807) is 25.4 Å². The average molecular weight is 456 g/mol. The molecule has 0 saturated carbocycles. The third-order valence-electron chi connectivity index (χ3n) is 4.92. The van der Waals surface area contributed by atoms with Crippen LogP contribution >= 0.6 is 11.8 Å². The molecule has 0 aliphatic heterocycles. The van der Waals surface area contributed by atoms with Gasteiger partial charge in [-0.1, -0.05) is 13.8 Å². The minimum Gasteiger partial charge on any atom is -0.366 e. The number of hydrogen-bond acceptors (Lipinski definition) is 6. The van der Waals surface area contributed by atoms with Crippen LogP contribution < -0.4 is 22.3 Å². The van der Waals surface area contributed by atoms with E-state index in [0.29, 0.717) is 33.9 Å². The largest absolute Gasteiger partial charge is 0.366 e. The second-order valence-corrected chi connectivity index (χ2v) is 8.88. The predicted molar refractivity (Wildman–Crippen MR) is 125 cm³/mol. The van der Waals surface area contributed by atoms with Crippen LogP contribution in [-0.2, 0) is 25.3 Å².